The second kappa shape index (κ2) is 17.8. The lowest BCUT2D eigenvalue weighted by Crippen LogP contribution is -2.50. The van der Waals surface area contributed by atoms with Crippen LogP contribution in [0.2, 0.25) is 0 Å². The zero-order valence-electron chi connectivity index (χ0n) is 30.1. The number of nitrogens with zero attached hydrogens (tertiary/aromatic N) is 1. The number of esters is 1. The van der Waals surface area contributed by atoms with Crippen molar-refractivity contribution in [3.63, 3.8) is 0 Å². The van der Waals surface area contributed by atoms with Crippen LogP contribution in [-0.2, 0) is 14.3 Å². The van der Waals surface area contributed by atoms with Gasteiger partial charge in [-0.3, -0.25) is 9.59 Å². The van der Waals surface area contributed by atoms with Crippen LogP contribution in [0.4, 0.5) is 0 Å². The van der Waals surface area contributed by atoms with Gasteiger partial charge in [0.2, 0.25) is 5.91 Å². The molecular formula is C39H70N4O3. The van der Waals surface area contributed by atoms with Gasteiger partial charge in [-0.05, 0) is 144 Å². The molecule has 7 atom stereocenters. The Morgan fingerprint density at radius 2 is 1.70 bits per heavy atom. The molecular weight excluding hydrogens is 572 g/mol. The number of rotatable bonds is 19. The van der Waals surface area contributed by atoms with Crippen LogP contribution >= 0.6 is 0 Å². The monoisotopic (exact) mass is 643 g/mol. The zero-order valence-corrected chi connectivity index (χ0v) is 30.1. The van der Waals surface area contributed by atoms with Gasteiger partial charge in [0.1, 0.15) is 12.5 Å². The number of fused-ring (bicyclic) bond motifs is 5. The van der Waals surface area contributed by atoms with Crippen LogP contribution in [0.15, 0.2) is 11.6 Å². The first-order valence-corrected chi connectivity index (χ1v) is 19.4. The first-order valence-electron chi connectivity index (χ1n) is 19.4. The summed E-state index contributed by atoms with van der Waals surface area (Å²) in [5.41, 5.74) is 13.6. The number of nitrogens with one attached hydrogen (secondary N) is 1. The molecule has 264 valence electrons. The molecule has 0 heterocycles. The fraction of sp³-hybridized carbons (Fsp3) is 0.897. The first kappa shape index (κ1) is 37.4. The molecule has 0 aromatic carbocycles. The molecule has 0 aromatic heterocycles. The van der Waals surface area contributed by atoms with E-state index in [0.717, 1.165) is 87.6 Å². The predicted octanol–water partition coefficient (Wildman–Crippen LogP) is 6.98. The van der Waals surface area contributed by atoms with Crippen molar-refractivity contribution in [3.8, 4) is 0 Å². The highest BCUT2D eigenvalue weighted by Gasteiger charge is 2.58. The van der Waals surface area contributed by atoms with Crippen molar-refractivity contribution in [2.24, 2.45) is 51.9 Å². The molecule has 3 saturated carbocycles. The molecule has 1 amide bonds. The van der Waals surface area contributed by atoms with E-state index in [1.807, 2.05) is 4.90 Å². The van der Waals surface area contributed by atoms with E-state index in [1.54, 1.807) is 0 Å². The van der Waals surface area contributed by atoms with Crippen molar-refractivity contribution < 1.29 is 14.3 Å². The van der Waals surface area contributed by atoms with Crippen molar-refractivity contribution >= 4 is 11.9 Å². The van der Waals surface area contributed by atoms with Gasteiger partial charge in [0.05, 0.1) is 0 Å². The van der Waals surface area contributed by atoms with Gasteiger partial charge < -0.3 is 26.4 Å². The highest BCUT2D eigenvalue weighted by Crippen LogP contribution is 2.66. The largest absolute Gasteiger partial charge is 0.462 e. The van der Waals surface area contributed by atoms with Crippen LogP contribution in [0.25, 0.3) is 0 Å². The maximum Gasteiger partial charge on any atom is 0.315 e. The summed E-state index contributed by atoms with van der Waals surface area (Å²) in [5, 5.41) is 3.39. The van der Waals surface area contributed by atoms with Crippen molar-refractivity contribution in [1.82, 2.24) is 10.2 Å². The molecule has 0 aliphatic heterocycles. The van der Waals surface area contributed by atoms with Crippen LogP contribution in [0, 0.1) is 40.4 Å². The lowest BCUT2D eigenvalue weighted by molar-refractivity contribution is -0.155. The van der Waals surface area contributed by atoms with E-state index < -0.39 is 0 Å². The summed E-state index contributed by atoms with van der Waals surface area (Å²) in [7, 11) is 0. The third kappa shape index (κ3) is 9.37. The number of amides is 1. The van der Waals surface area contributed by atoms with E-state index in [-0.39, 0.29) is 29.8 Å². The quantitative estimate of drug-likeness (QED) is 0.0607. The molecule has 0 radical (unpaired) electrons. The van der Waals surface area contributed by atoms with Gasteiger partial charge in [-0.2, -0.15) is 0 Å². The van der Waals surface area contributed by atoms with Crippen LogP contribution in [0.5, 0.6) is 0 Å². The van der Waals surface area contributed by atoms with Crippen LogP contribution in [0.3, 0.4) is 0 Å². The third-order valence-electron chi connectivity index (χ3n) is 13.0. The Balaban J connectivity index is 1.26. The van der Waals surface area contributed by atoms with Crippen molar-refractivity contribution in [3.05, 3.63) is 11.6 Å². The van der Waals surface area contributed by atoms with Gasteiger partial charge in [0, 0.05) is 19.5 Å². The Morgan fingerprint density at radius 1 is 0.935 bits per heavy atom. The van der Waals surface area contributed by atoms with Gasteiger partial charge >= 0.3 is 5.97 Å². The van der Waals surface area contributed by atoms with Crippen molar-refractivity contribution in [1.29, 1.82) is 0 Å². The highest BCUT2D eigenvalue weighted by atomic mass is 16.5. The maximum atomic E-state index is 13.1. The molecule has 0 saturated heterocycles. The molecule has 4 aliphatic carbocycles. The number of carbonyl (C=O) groups is 2. The van der Waals surface area contributed by atoms with Crippen LogP contribution in [0.1, 0.15) is 137 Å². The average Bonchev–Trinajstić information content (AvgIpc) is 3.36. The van der Waals surface area contributed by atoms with Crippen molar-refractivity contribution in [2.45, 2.75) is 143 Å². The number of ether oxygens (including phenoxy) is 1. The molecule has 0 spiro atoms. The van der Waals surface area contributed by atoms with E-state index in [2.05, 4.69) is 39.1 Å². The fourth-order valence-electron chi connectivity index (χ4n) is 10.3. The summed E-state index contributed by atoms with van der Waals surface area (Å²) in [6, 6.07) is 0. The smallest absolute Gasteiger partial charge is 0.315 e. The number of hydrogen-bond donors (Lipinski definition) is 3. The first-order chi connectivity index (χ1) is 22.1. The van der Waals surface area contributed by atoms with Crippen molar-refractivity contribution in [2.75, 3.05) is 39.3 Å². The van der Waals surface area contributed by atoms with Gasteiger partial charge in [-0.25, -0.2) is 0 Å². The van der Waals surface area contributed by atoms with Gasteiger partial charge in [-0.1, -0.05) is 58.6 Å². The van der Waals surface area contributed by atoms with Gasteiger partial charge in [-0.15, -0.1) is 0 Å². The van der Waals surface area contributed by atoms with Gasteiger partial charge in [0.25, 0.3) is 0 Å². The number of carbonyl (C=O) groups excluding carboxylic acids is 2. The van der Waals surface area contributed by atoms with E-state index in [9.17, 15) is 9.59 Å². The second-order valence-corrected chi connectivity index (χ2v) is 16.4. The normalized spacial score (nSPS) is 32.0. The number of allylic oxidation sites excluding steroid dienone is 1. The minimum absolute atomic E-state index is 0.108. The Morgan fingerprint density at radius 3 is 2.46 bits per heavy atom. The average molecular weight is 643 g/mol. The third-order valence-corrected chi connectivity index (χ3v) is 13.0. The van der Waals surface area contributed by atoms with Crippen LogP contribution < -0.4 is 16.8 Å². The molecule has 7 heteroatoms. The fourth-order valence-corrected chi connectivity index (χ4v) is 10.3. The Kier molecular flexibility index (Phi) is 14.5. The topological polar surface area (TPSA) is 111 Å². The second-order valence-electron chi connectivity index (χ2n) is 16.4. The molecule has 0 aromatic rings. The summed E-state index contributed by atoms with van der Waals surface area (Å²) in [6.45, 7) is 14.2. The minimum Gasteiger partial charge on any atom is -0.462 e. The standard InChI is InChI=1S/C39H70N4O3/c1-29(2)11-5-6-12-30-14-16-34-33-15-13-31-27-32(17-19-39(31,4)35(33)18-20-38(30,34)3)46-37(45)28-36(44)43(26-10-22-41)25-8-7-23-42-24-9-21-40/h13,29-30,32-35,42H,5-12,14-28,40-41H2,1-4H3. The SMILES string of the molecule is CC(C)CCCCC1CCC2C3CC=C4CC(OC(=O)CC(=O)N(CCCN)CCCCNCCCN)CCC4(C)C3CCC12C. The summed E-state index contributed by atoms with van der Waals surface area (Å²) < 4.78 is 6.02. The number of nitrogens with two attached hydrogens (primary N) is 2. The van der Waals surface area contributed by atoms with E-state index >= 15 is 0 Å². The Bertz CT molecular complexity index is 1000. The molecule has 46 heavy (non-hydrogen) atoms. The summed E-state index contributed by atoms with van der Waals surface area (Å²) >= 11 is 0. The molecule has 7 nitrogen and oxygen atoms in total. The molecule has 7 unspecified atom stereocenters. The zero-order chi connectivity index (χ0) is 33.2. The molecule has 0 bridgehead atoms. The van der Waals surface area contributed by atoms with E-state index in [1.165, 1.54) is 63.4 Å². The molecule has 3 fully saturated rings. The molecule has 4 aliphatic rings. The molecule has 5 N–H and O–H groups in total. The minimum atomic E-state index is -0.368. The maximum absolute atomic E-state index is 13.1. The van der Waals surface area contributed by atoms with E-state index in [4.69, 9.17) is 16.2 Å². The summed E-state index contributed by atoms with van der Waals surface area (Å²) in [4.78, 5) is 28.0. The molecule has 4 rings (SSSR count). The highest BCUT2D eigenvalue weighted by molar-refractivity contribution is 5.94. The Labute approximate surface area is 281 Å². The summed E-state index contributed by atoms with van der Waals surface area (Å²) in [6.07, 6.45) is 21.1. The van der Waals surface area contributed by atoms with Crippen LogP contribution in [-0.4, -0.2) is 62.1 Å². The lowest BCUT2D eigenvalue weighted by Gasteiger charge is -2.58. The Hall–Kier alpha value is -1.44. The van der Waals surface area contributed by atoms with Gasteiger partial charge in [0.15, 0.2) is 0 Å². The predicted molar refractivity (Wildman–Crippen MR) is 189 cm³/mol. The van der Waals surface area contributed by atoms with E-state index in [0.29, 0.717) is 31.6 Å². The number of unbranched alkanes of at least 4 members (excludes halogenated alkanes) is 2. The lowest BCUT2D eigenvalue weighted by atomic mass is 9.47. The summed E-state index contributed by atoms with van der Waals surface area (Å²) in [5.74, 6) is 3.68. The number of hydrogen-bond acceptors (Lipinski definition) is 6.